The van der Waals surface area contributed by atoms with E-state index >= 15 is 0 Å². The standard InChI is InChI=1S/C14H22N2O2/c1-10(2)9-18-13-6-4-11(8-12(13)15)5-7-14(17)16-3/h4,6,8,10H,5,7,9,15H2,1-3H3,(H,16,17). The van der Waals surface area contributed by atoms with Crippen LogP contribution in [0.4, 0.5) is 5.69 Å². The average molecular weight is 250 g/mol. The van der Waals surface area contributed by atoms with Gasteiger partial charge in [0.25, 0.3) is 0 Å². The van der Waals surface area contributed by atoms with Gasteiger partial charge in [-0.2, -0.15) is 0 Å². The molecule has 1 rings (SSSR count). The molecule has 0 radical (unpaired) electrons. The predicted molar refractivity (Wildman–Crippen MR) is 73.6 cm³/mol. The zero-order valence-corrected chi connectivity index (χ0v) is 11.3. The Morgan fingerprint density at radius 1 is 1.44 bits per heavy atom. The highest BCUT2D eigenvalue weighted by atomic mass is 16.5. The molecule has 0 saturated carbocycles. The van der Waals surface area contributed by atoms with Crippen molar-refractivity contribution in [3.05, 3.63) is 23.8 Å². The summed E-state index contributed by atoms with van der Waals surface area (Å²) in [5.74, 6) is 1.22. The Morgan fingerprint density at radius 2 is 2.17 bits per heavy atom. The molecule has 1 aromatic carbocycles. The number of anilines is 1. The number of ether oxygens (including phenoxy) is 1. The van der Waals surface area contributed by atoms with Gasteiger partial charge in [0.15, 0.2) is 0 Å². The minimum absolute atomic E-state index is 0.0358. The van der Waals surface area contributed by atoms with Crippen LogP contribution in [0.5, 0.6) is 5.75 Å². The molecule has 1 aromatic rings. The lowest BCUT2D eigenvalue weighted by molar-refractivity contribution is -0.120. The van der Waals surface area contributed by atoms with Crippen molar-refractivity contribution in [1.29, 1.82) is 0 Å². The number of amides is 1. The molecule has 18 heavy (non-hydrogen) atoms. The fraction of sp³-hybridized carbons (Fsp3) is 0.500. The van der Waals surface area contributed by atoms with Crippen LogP contribution in [0.3, 0.4) is 0 Å². The maximum Gasteiger partial charge on any atom is 0.220 e. The zero-order valence-electron chi connectivity index (χ0n) is 11.3. The molecule has 100 valence electrons. The van der Waals surface area contributed by atoms with Gasteiger partial charge in [0.05, 0.1) is 12.3 Å². The number of carbonyl (C=O) groups is 1. The van der Waals surface area contributed by atoms with E-state index in [-0.39, 0.29) is 5.91 Å². The van der Waals surface area contributed by atoms with Crippen LogP contribution in [-0.2, 0) is 11.2 Å². The van der Waals surface area contributed by atoms with Crippen molar-refractivity contribution in [3.8, 4) is 5.75 Å². The number of carbonyl (C=O) groups excluding carboxylic acids is 1. The summed E-state index contributed by atoms with van der Waals surface area (Å²) in [5, 5.41) is 2.60. The van der Waals surface area contributed by atoms with Gasteiger partial charge < -0.3 is 15.8 Å². The summed E-state index contributed by atoms with van der Waals surface area (Å²) >= 11 is 0. The lowest BCUT2D eigenvalue weighted by Gasteiger charge is -2.12. The van der Waals surface area contributed by atoms with E-state index < -0.39 is 0 Å². The summed E-state index contributed by atoms with van der Waals surface area (Å²) in [6.45, 7) is 4.84. The van der Waals surface area contributed by atoms with Crippen molar-refractivity contribution in [3.63, 3.8) is 0 Å². The summed E-state index contributed by atoms with van der Waals surface area (Å²) in [4.78, 5) is 11.1. The Morgan fingerprint density at radius 3 is 2.72 bits per heavy atom. The number of aryl methyl sites for hydroxylation is 1. The molecule has 0 fully saturated rings. The first-order valence-corrected chi connectivity index (χ1v) is 6.24. The SMILES string of the molecule is CNC(=O)CCc1ccc(OCC(C)C)c(N)c1. The first-order valence-electron chi connectivity index (χ1n) is 6.24. The van der Waals surface area contributed by atoms with E-state index in [9.17, 15) is 4.79 Å². The van der Waals surface area contributed by atoms with Crippen molar-refractivity contribution in [2.75, 3.05) is 19.4 Å². The van der Waals surface area contributed by atoms with Gasteiger partial charge in [-0.3, -0.25) is 4.79 Å². The molecule has 0 aliphatic carbocycles. The van der Waals surface area contributed by atoms with Crippen LogP contribution >= 0.6 is 0 Å². The Hall–Kier alpha value is -1.71. The zero-order chi connectivity index (χ0) is 13.5. The molecular formula is C14H22N2O2. The molecule has 1 amide bonds. The number of nitrogens with one attached hydrogen (secondary N) is 1. The molecule has 4 heteroatoms. The summed E-state index contributed by atoms with van der Waals surface area (Å²) in [6.07, 6.45) is 1.16. The third-order valence-corrected chi connectivity index (χ3v) is 2.57. The molecule has 3 N–H and O–H groups in total. The first kappa shape index (κ1) is 14.4. The van der Waals surface area contributed by atoms with E-state index in [4.69, 9.17) is 10.5 Å². The average Bonchev–Trinajstić information content (AvgIpc) is 2.34. The van der Waals surface area contributed by atoms with Crippen LogP contribution in [0.1, 0.15) is 25.8 Å². The van der Waals surface area contributed by atoms with Gasteiger partial charge in [-0.05, 0) is 30.0 Å². The van der Waals surface area contributed by atoms with E-state index in [1.165, 1.54) is 0 Å². The van der Waals surface area contributed by atoms with E-state index in [0.717, 1.165) is 5.56 Å². The van der Waals surface area contributed by atoms with Gasteiger partial charge in [0, 0.05) is 13.5 Å². The first-order chi connectivity index (χ1) is 8.52. The monoisotopic (exact) mass is 250 g/mol. The Bertz CT molecular complexity index is 403. The highest BCUT2D eigenvalue weighted by molar-refractivity contribution is 5.75. The predicted octanol–water partition coefficient (Wildman–Crippen LogP) is 1.98. The van der Waals surface area contributed by atoms with Crippen molar-refractivity contribution in [2.24, 2.45) is 5.92 Å². The Kier molecular flexibility index (Phi) is 5.49. The van der Waals surface area contributed by atoms with E-state index in [1.807, 2.05) is 18.2 Å². The Balaban J connectivity index is 2.58. The second kappa shape index (κ2) is 6.89. The van der Waals surface area contributed by atoms with Gasteiger partial charge in [0.1, 0.15) is 5.75 Å². The molecular weight excluding hydrogens is 228 g/mol. The van der Waals surface area contributed by atoms with Crippen LogP contribution < -0.4 is 15.8 Å². The molecule has 0 aromatic heterocycles. The number of benzene rings is 1. The molecule has 0 aliphatic heterocycles. The summed E-state index contributed by atoms with van der Waals surface area (Å²) < 4.78 is 5.60. The lowest BCUT2D eigenvalue weighted by atomic mass is 10.1. The summed E-state index contributed by atoms with van der Waals surface area (Å²) in [6, 6.07) is 5.70. The molecule has 0 spiro atoms. The largest absolute Gasteiger partial charge is 0.491 e. The molecule has 0 saturated heterocycles. The summed E-state index contributed by atoms with van der Waals surface area (Å²) in [7, 11) is 1.64. The van der Waals surface area contributed by atoms with Crippen molar-refractivity contribution in [2.45, 2.75) is 26.7 Å². The minimum Gasteiger partial charge on any atom is -0.491 e. The van der Waals surface area contributed by atoms with E-state index in [2.05, 4.69) is 19.2 Å². The fourth-order valence-electron chi connectivity index (χ4n) is 1.52. The maximum absolute atomic E-state index is 11.1. The number of rotatable bonds is 6. The minimum atomic E-state index is 0.0358. The maximum atomic E-state index is 11.1. The number of nitrogen functional groups attached to an aromatic ring is 1. The molecule has 0 heterocycles. The normalized spacial score (nSPS) is 10.4. The number of hydrogen-bond acceptors (Lipinski definition) is 3. The smallest absolute Gasteiger partial charge is 0.220 e. The van der Waals surface area contributed by atoms with E-state index in [0.29, 0.717) is 36.8 Å². The topological polar surface area (TPSA) is 64.3 Å². The third-order valence-electron chi connectivity index (χ3n) is 2.57. The molecule has 4 nitrogen and oxygen atoms in total. The van der Waals surface area contributed by atoms with Gasteiger partial charge >= 0.3 is 0 Å². The highest BCUT2D eigenvalue weighted by Crippen LogP contribution is 2.23. The van der Waals surface area contributed by atoms with Crippen molar-refractivity contribution >= 4 is 11.6 Å². The fourth-order valence-corrected chi connectivity index (χ4v) is 1.52. The molecule has 0 aliphatic rings. The lowest BCUT2D eigenvalue weighted by Crippen LogP contribution is -2.17. The Labute approximate surface area is 109 Å². The van der Waals surface area contributed by atoms with Crippen LogP contribution in [-0.4, -0.2) is 19.6 Å². The molecule has 0 unspecified atom stereocenters. The van der Waals surface area contributed by atoms with Gasteiger partial charge in [-0.1, -0.05) is 19.9 Å². The van der Waals surface area contributed by atoms with Crippen LogP contribution in [0.15, 0.2) is 18.2 Å². The third kappa shape index (κ3) is 4.65. The van der Waals surface area contributed by atoms with E-state index in [1.54, 1.807) is 7.05 Å². The molecule has 0 atom stereocenters. The second-order valence-corrected chi connectivity index (χ2v) is 4.75. The van der Waals surface area contributed by atoms with Gasteiger partial charge in [0.2, 0.25) is 5.91 Å². The van der Waals surface area contributed by atoms with Gasteiger partial charge in [-0.25, -0.2) is 0 Å². The van der Waals surface area contributed by atoms with Gasteiger partial charge in [-0.15, -0.1) is 0 Å². The van der Waals surface area contributed by atoms with Crippen LogP contribution in [0.2, 0.25) is 0 Å². The van der Waals surface area contributed by atoms with Crippen molar-refractivity contribution < 1.29 is 9.53 Å². The second-order valence-electron chi connectivity index (χ2n) is 4.75. The highest BCUT2D eigenvalue weighted by Gasteiger charge is 2.05. The van der Waals surface area contributed by atoms with Crippen molar-refractivity contribution in [1.82, 2.24) is 5.32 Å². The summed E-state index contributed by atoms with van der Waals surface area (Å²) in [5.41, 5.74) is 7.60. The quantitative estimate of drug-likeness (QED) is 0.759. The number of hydrogen-bond donors (Lipinski definition) is 2. The van der Waals surface area contributed by atoms with Crippen LogP contribution in [0, 0.1) is 5.92 Å². The molecule has 0 bridgehead atoms. The number of nitrogens with two attached hydrogens (primary N) is 1. The van der Waals surface area contributed by atoms with Crippen LogP contribution in [0.25, 0.3) is 0 Å².